The van der Waals surface area contributed by atoms with Crippen LogP contribution in [-0.2, 0) is 6.42 Å². The Morgan fingerprint density at radius 1 is 0.909 bits per heavy atom. The van der Waals surface area contributed by atoms with Gasteiger partial charge in [0.25, 0.3) is 5.91 Å². The Morgan fingerprint density at radius 2 is 1.41 bits per heavy atom. The lowest BCUT2D eigenvalue weighted by Gasteiger charge is -2.10. The minimum Gasteiger partial charge on any atom is -0.345 e. The van der Waals surface area contributed by atoms with Crippen molar-refractivity contribution >= 4 is 5.91 Å². The first-order chi connectivity index (χ1) is 10.1. The molecule has 2 heteroatoms. The van der Waals surface area contributed by atoms with Gasteiger partial charge in [-0.15, -0.1) is 0 Å². The Balaban J connectivity index is 0.00000242. The highest BCUT2D eigenvalue weighted by molar-refractivity contribution is 5.94. The van der Waals surface area contributed by atoms with Crippen molar-refractivity contribution in [2.75, 3.05) is 14.1 Å². The molecule has 0 fully saturated rings. The average Bonchev–Trinajstić information content (AvgIpc) is 2.53. The van der Waals surface area contributed by atoms with Crippen molar-refractivity contribution in [1.29, 1.82) is 0 Å². The molecule has 0 saturated heterocycles. The molecule has 2 aromatic rings. The zero-order valence-electron chi connectivity index (χ0n) is 13.1. The van der Waals surface area contributed by atoms with Crippen LogP contribution in [0.2, 0.25) is 0 Å². The van der Waals surface area contributed by atoms with E-state index in [0.717, 1.165) is 17.5 Å². The number of rotatable bonds is 5. The summed E-state index contributed by atoms with van der Waals surface area (Å²) in [6.45, 7) is 2.21. The van der Waals surface area contributed by atoms with Crippen LogP contribution in [0.5, 0.6) is 0 Å². The van der Waals surface area contributed by atoms with Crippen molar-refractivity contribution in [3.63, 3.8) is 0 Å². The summed E-state index contributed by atoms with van der Waals surface area (Å²) in [5.41, 5.74) is 4.45. The third-order valence-electron chi connectivity index (χ3n) is 3.64. The highest BCUT2D eigenvalue weighted by atomic mass is 16.2. The lowest BCUT2D eigenvalue weighted by atomic mass is 10.0. The first kappa shape index (κ1) is 18.0. The quantitative estimate of drug-likeness (QED) is 0.757. The summed E-state index contributed by atoms with van der Waals surface area (Å²) < 4.78 is 0. The van der Waals surface area contributed by atoms with Gasteiger partial charge < -0.3 is 4.90 Å². The van der Waals surface area contributed by atoms with Gasteiger partial charge in [-0.05, 0) is 41.7 Å². The molecule has 0 N–H and O–H groups in total. The average molecular weight is 297 g/mol. The second-order valence-corrected chi connectivity index (χ2v) is 5.58. The van der Waals surface area contributed by atoms with Gasteiger partial charge in [0.05, 0.1) is 0 Å². The number of hydrogen-bond donors (Lipinski definition) is 0. The lowest BCUT2D eigenvalue weighted by molar-refractivity contribution is 0.0827. The van der Waals surface area contributed by atoms with Crippen molar-refractivity contribution in [1.82, 2.24) is 4.90 Å². The number of benzene rings is 2. The Morgan fingerprint density at radius 3 is 1.86 bits per heavy atom. The second-order valence-electron chi connectivity index (χ2n) is 5.58. The van der Waals surface area contributed by atoms with Gasteiger partial charge in [0, 0.05) is 19.7 Å². The molecule has 0 aromatic heterocycles. The molecule has 0 unspecified atom stereocenters. The molecule has 0 bridgehead atoms. The van der Waals surface area contributed by atoms with E-state index in [1.165, 1.54) is 24.0 Å². The van der Waals surface area contributed by atoms with Crippen LogP contribution in [0.4, 0.5) is 0 Å². The van der Waals surface area contributed by atoms with Crippen LogP contribution in [0.25, 0.3) is 11.1 Å². The van der Waals surface area contributed by atoms with Crippen LogP contribution in [0.1, 0.15) is 43.1 Å². The van der Waals surface area contributed by atoms with Gasteiger partial charge in [-0.25, -0.2) is 0 Å². The minimum absolute atomic E-state index is 0. The van der Waals surface area contributed by atoms with Gasteiger partial charge in [0.15, 0.2) is 0 Å². The van der Waals surface area contributed by atoms with E-state index >= 15 is 0 Å². The van der Waals surface area contributed by atoms with Gasteiger partial charge in [0.1, 0.15) is 0 Å². The maximum absolute atomic E-state index is 11.9. The van der Waals surface area contributed by atoms with Crippen LogP contribution in [0, 0.1) is 0 Å². The van der Waals surface area contributed by atoms with Crippen LogP contribution in [0.3, 0.4) is 0 Å². The molecule has 0 spiro atoms. The Labute approximate surface area is 134 Å². The number of amides is 1. The summed E-state index contributed by atoms with van der Waals surface area (Å²) in [5, 5.41) is 0. The topological polar surface area (TPSA) is 20.3 Å². The maximum atomic E-state index is 11.9. The predicted molar refractivity (Wildman–Crippen MR) is 95.2 cm³/mol. The van der Waals surface area contributed by atoms with Crippen molar-refractivity contribution in [2.24, 2.45) is 0 Å². The van der Waals surface area contributed by atoms with Crippen LogP contribution in [-0.4, -0.2) is 24.9 Å². The molecule has 0 aliphatic carbocycles. The summed E-state index contributed by atoms with van der Waals surface area (Å²) in [5.74, 6) is 0.0384. The van der Waals surface area contributed by atoms with Gasteiger partial charge in [-0.3, -0.25) is 4.79 Å². The number of aryl methyl sites for hydroxylation is 1. The standard InChI is InChI=1S/C19H23NO.CH4/c1-4-5-6-15-7-9-16(10-8-15)17-11-13-18(14-12-17)19(21)20(2)3;/h7-14H,4-6H2,1-3H3;1H4. The normalized spacial score (nSPS) is 9.95. The van der Waals surface area contributed by atoms with Gasteiger partial charge in [-0.1, -0.05) is 57.2 Å². The predicted octanol–water partition coefficient (Wildman–Crippen LogP) is 5.03. The molecule has 1 amide bonds. The van der Waals surface area contributed by atoms with Crippen LogP contribution < -0.4 is 0 Å². The highest BCUT2D eigenvalue weighted by Crippen LogP contribution is 2.21. The Bertz CT molecular complexity index is 582. The summed E-state index contributed by atoms with van der Waals surface area (Å²) in [4.78, 5) is 13.5. The van der Waals surface area contributed by atoms with Gasteiger partial charge in [0.2, 0.25) is 0 Å². The number of nitrogens with zero attached hydrogens (tertiary/aromatic N) is 1. The number of carbonyl (C=O) groups excluding carboxylic acids is 1. The van der Waals surface area contributed by atoms with Crippen molar-refractivity contribution < 1.29 is 4.79 Å². The number of hydrogen-bond acceptors (Lipinski definition) is 1. The van der Waals surface area contributed by atoms with E-state index in [9.17, 15) is 4.79 Å². The fourth-order valence-electron chi connectivity index (χ4n) is 2.31. The monoisotopic (exact) mass is 297 g/mol. The Kier molecular flexibility index (Phi) is 6.84. The molecular formula is C20H27NO. The molecule has 0 saturated carbocycles. The molecule has 118 valence electrons. The highest BCUT2D eigenvalue weighted by Gasteiger charge is 2.07. The molecule has 2 aromatic carbocycles. The third-order valence-corrected chi connectivity index (χ3v) is 3.64. The lowest BCUT2D eigenvalue weighted by Crippen LogP contribution is -2.21. The van der Waals surface area contributed by atoms with E-state index in [1.54, 1.807) is 19.0 Å². The molecule has 0 aliphatic rings. The number of carbonyl (C=O) groups is 1. The third kappa shape index (κ3) is 4.45. The first-order valence-corrected chi connectivity index (χ1v) is 7.53. The minimum atomic E-state index is 0. The van der Waals surface area contributed by atoms with E-state index in [1.807, 2.05) is 24.3 Å². The van der Waals surface area contributed by atoms with Crippen LogP contribution in [0.15, 0.2) is 48.5 Å². The first-order valence-electron chi connectivity index (χ1n) is 7.53. The Hall–Kier alpha value is -2.09. The van der Waals surface area contributed by atoms with Crippen molar-refractivity contribution in [3.8, 4) is 11.1 Å². The fraction of sp³-hybridized carbons (Fsp3) is 0.350. The zero-order chi connectivity index (χ0) is 15.2. The van der Waals surface area contributed by atoms with E-state index in [4.69, 9.17) is 0 Å². The van der Waals surface area contributed by atoms with E-state index in [2.05, 4.69) is 31.2 Å². The molecule has 0 radical (unpaired) electrons. The molecule has 0 heterocycles. The molecule has 2 nitrogen and oxygen atoms in total. The van der Waals surface area contributed by atoms with Gasteiger partial charge >= 0.3 is 0 Å². The molecule has 22 heavy (non-hydrogen) atoms. The molecular weight excluding hydrogens is 270 g/mol. The van der Waals surface area contributed by atoms with Crippen molar-refractivity contribution in [2.45, 2.75) is 33.6 Å². The largest absolute Gasteiger partial charge is 0.345 e. The second kappa shape index (κ2) is 8.38. The smallest absolute Gasteiger partial charge is 0.253 e. The van der Waals surface area contributed by atoms with E-state index < -0.39 is 0 Å². The summed E-state index contributed by atoms with van der Waals surface area (Å²) >= 11 is 0. The zero-order valence-corrected chi connectivity index (χ0v) is 13.1. The maximum Gasteiger partial charge on any atom is 0.253 e. The number of unbranched alkanes of at least 4 members (excludes halogenated alkanes) is 1. The van der Waals surface area contributed by atoms with E-state index in [-0.39, 0.29) is 13.3 Å². The summed E-state index contributed by atoms with van der Waals surface area (Å²) in [6, 6.07) is 16.5. The SMILES string of the molecule is C.CCCCc1ccc(-c2ccc(C(=O)N(C)C)cc2)cc1. The summed E-state index contributed by atoms with van der Waals surface area (Å²) in [7, 11) is 3.54. The molecule has 0 aliphatic heterocycles. The fourth-order valence-corrected chi connectivity index (χ4v) is 2.31. The molecule has 2 rings (SSSR count). The van der Waals surface area contributed by atoms with E-state index in [0.29, 0.717) is 0 Å². The summed E-state index contributed by atoms with van der Waals surface area (Å²) in [6.07, 6.45) is 3.61. The van der Waals surface area contributed by atoms with Crippen LogP contribution >= 0.6 is 0 Å². The van der Waals surface area contributed by atoms with Crippen molar-refractivity contribution in [3.05, 3.63) is 59.7 Å². The van der Waals surface area contributed by atoms with Gasteiger partial charge in [-0.2, -0.15) is 0 Å². The molecule has 0 atom stereocenters.